The number of aromatic nitrogens is 1. The number of anilines is 2. The van der Waals surface area contributed by atoms with Gasteiger partial charge < -0.3 is 10.1 Å². The van der Waals surface area contributed by atoms with Gasteiger partial charge in [-0.15, -0.1) is 0 Å². The Bertz CT molecular complexity index is 607. The van der Waals surface area contributed by atoms with Crippen molar-refractivity contribution in [3.8, 4) is 11.8 Å². The van der Waals surface area contributed by atoms with Gasteiger partial charge in [-0.3, -0.25) is 0 Å². The van der Waals surface area contributed by atoms with Crippen LogP contribution in [0.5, 0.6) is 5.75 Å². The van der Waals surface area contributed by atoms with Crippen LogP contribution >= 0.6 is 0 Å². The highest BCUT2D eigenvalue weighted by Crippen LogP contribution is 2.24. The average Bonchev–Trinajstić information content (AvgIpc) is 2.41. The van der Waals surface area contributed by atoms with Gasteiger partial charge in [0.15, 0.2) is 0 Å². The highest BCUT2D eigenvalue weighted by molar-refractivity contribution is 5.62. The van der Waals surface area contributed by atoms with Crippen LogP contribution in [-0.4, -0.2) is 12.1 Å². The minimum atomic E-state index is -0.397. The molecule has 2 rings (SSSR count). The summed E-state index contributed by atoms with van der Waals surface area (Å²) in [6, 6.07) is 9.51. The highest BCUT2D eigenvalue weighted by atomic mass is 19.1. The summed E-state index contributed by atoms with van der Waals surface area (Å²) in [5.41, 5.74) is 1.14. The Hall–Kier alpha value is -2.61. The fraction of sp³-hybridized carbons (Fsp3) is 0.0769. The molecule has 5 heteroatoms. The lowest BCUT2D eigenvalue weighted by molar-refractivity contribution is 0.414. The van der Waals surface area contributed by atoms with Gasteiger partial charge in [-0.1, -0.05) is 0 Å². The number of pyridine rings is 1. The first-order valence-electron chi connectivity index (χ1n) is 5.19. The predicted octanol–water partition coefficient (Wildman–Crippen LogP) is 2.84. The molecule has 0 fully saturated rings. The first-order chi connectivity index (χ1) is 8.72. The fourth-order valence-corrected chi connectivity index (χ4v) is 1.45. The van der Waals surface area contributed by atoms with Crippen molar-refractivity contribution in [1.29, 1.82) is 5.26 Å². The van der Waals surface area contributed by atoms with Crippen LogP contribution in [0.4, 0.5) is 15.8 Å². The van der Waals surface area contributed by atoms with Gasteiger partial charge in [0.25, 0.3) is 0 Å². The van der Waals surface area contributed by atoms with Crippen LogP contribution in [0, 0.1) is 17.1 Å². The molecule has 0 spiro atoms. The van der Waals surface area contributed by atoms with E-state index in [0.29, 0.717) is 11.4 Å². The number of hydrogen-bond donors (Lipinski definition) is 1. The van der Waals surface area contributed by atoms with E-state index in [1.54, 1.807) is 18.2 Å². The van der Waals surface area contributed by atoms with Crippen molar-refractivity contribution >= 4 is 11.4 Å². The lowest BCUT2D eigenvalue weighted by atomic mass is 10.2. The molecule has 1 aromatic heterocycles. The molecule has 1 aromatic carbocycles. The summed E-state index contributed by atoms with van der Waals surface area (Å²) in [7, 11) is 1.51. The molecule has 1 heterocycles. The van der Waals surface area contributed by atoms with E-state index >= 15 is 0 Å². The number of nitriles is 1. The standard InChI is InChI=1S/C13H10FN3O/c1-18-11-2-3-12(14)13(7-11)17-9-4-5-16-10(6-9)8-15/h2-7H,1H3,(H,16,17). The zero-order valence-electron chi connectivity index (χ0n) is 9.64. The van der Waals surface area contributed by atoms with Crippen molar-refractivity contribution in [1.82, 2.24) is 4.98 Å². The zero-order chi connectivity index (χ0) is 13.0. The molecule has 0 atom stereocenters. The predicted molar refractivity (Wildman–Crippen MR) is 65.2 cm³/mol. The maximum atomic E-state index is 13.6. The minimum Gasteiger partial charge on any atom is -0.497 e. The largest absolute Gasteiger partial charge is 0.497 e. The molecule has 0 saturated carbocycles. The van der Waals surface area contributed by atoms with Crippen LogP contribution in [0.15, 0.2) is 36.5 Å². The van der Waals surface area contributed by atoms with Crippen LogP contribution in [0.1, 0.15) is 5.69 Å². The summed E-state index contributed by atoms with van der Waals surface area (Å²) in [5, 5.41) is 11.6. The molecule has 0 saturated heterocycles. The number of rotatable bonds is 3. The molecule has 0 amide bonds. The molecule has 1 N–H and O–H groups in total. The molecular formula is C13H10FN3O. The second-order valence-corrected chi connectivity index (χ2v) is 3.51. The highest BCUT2D eigenvalue weighted by Gasteiger charge is 2.05. The molecule has 4 nitrogen and oxygen atoms in total. The third-order valence-corrected chi connectivity index (χ3v) is 2.33. The minimum absolute atomic E-state index is 0.267. The van der Waals surface area contributed by atoms with Crippen molar-refractivity contribution in [3.63, 3.8) is 0 Å². The van der Waals surface area contributed by atoms with E-state index < -0.39 is 5.82 Å². The van der Waals surface area contributed by atoms with Gasteiger partial charge in [-0.2, -0.15) is 5.26 Å². The van der Waals surface area contributed by atoms with Gasteiger partial charge in [-0.05, 0) is 24.3 Å². The molecule has 0 aliphatic heterocycles. The lowest BCUT2D eigenvalue weighted by Gasteiger charge is -2.09. The lowest BCUT2D eigenvalue weighted by Crippen LogP contribution is -1.96. The van der Waals surface area contributed by atoms with E-state index in [0.717, 1.165) is 0 Å². The summed E-state index contributed by atoms with van der Waals surface area (Å²) in [5.74, 6) is 0.152. The first kappa shape index (κ1) is 11.9. The van der Waals surface area contributed by atoms with Gasteiger partial charge in [-0.25, -0.2) is 9.37 Å². The van der Waals surface area contributed by atoms with Crippen molar-refractivity contribution in [2.24, 2.45) is 0 Å². The molecular weight excluding hydrogens is 233 g/mol. The number of nitrogens with zero attached hydrogens (tertiary/aromatic N) is 2. The molecule has 0 aliphatic rings. The number of hydrogen-bond acceptors (Lipinski definition) is 4. The van der Waals surface area contributed by atoms with E-state index in [9.17, 15) is 4.39 Å². The molecule has 0 unspecified atom stereocenters. The summed E-state index contributed by atoms with van der Waals surface area (Å²) < 4.78 is 18.6. The van der Waals surface area contributed by atoms with Gasteiger partial charge >= 0.3 is 0 Å². The van der Waals surface area contributed by atoms with Crippen LogP contribution in [0.25, 0.3) is 0 Å². The van der Waals surface area contributed by atoms with Crippen molar-refractivity contribution in [3.05, 3.63) is 48.0 Å². The van der Waals surface area contributed by atoms with Crippen LogP contribution in [0.3, 0.4) is 0 Å². The van der Waals surface area contributed by atoms with Crippen molar-refractivity contribution in [2.45, 2.75) is 0 Å². The second-order valence-electron chi connectivity index (χ2n) is 3.51. The van der Waals surface area contributed by atoms with Crippen LogP contribution < -0.4 is 10.1 Å². The number of ether oxygens (including phenoxy) is 1. The van der Waals surface area contributed by atoms with Crippen LogP contribution in [-0.2, 0) is 0 Å². The monoisotopic (exact) mass is 243 g/mol. The Balaban J connectivity index is 2.30. The quantitative estimate of drug-likeness (QED) is 0.900. The van der Waals surface area contributed by atoms with E-state index in [1.165, 1.54) is 25.4 Å². The molecule has 0 bridgehead atoms. The maximum Gasteiger partial charge on any atom is 0.146 e. The Labute approximate surface area is 104 Å². The maximum absolute atomic E-state index is 13.6. The van der Waals surface area contributed by atoms with E-state index in [-0.39, 0.29) is 11.4 Å². The Morgan fingerprint density at radius 2 is 2.17 bits per heavy atom. The molecule has 0 radical (unpaired) electrons. The number of halogens is 1. The number of benzene rings is 1. The summed E-state index contributed by atoms with van der Waals surface area (Å²) in [6.45, 7) is 0. The van der Waals surface area contributed by atoms with E-state index in [4.69, 9.17) is 10.00 Å². The Morgan fingerprint density at radius 3 is 2.89 bits per heavy atom. The molecule has 18 heavy (non-hydrogen) atoms. The second kappa shape index (κ2) is 5.15. The smallest absolute Gasteiger partial charge is 0.146 e. The van der Waals surface area contributed by atoms with Gasteiger partial charge in [0.05, 0.1) is 12.8 Å². The first-order valence-corrected chi connectivity index (χ1v) is 5.19. The number of nitrogens with one attached hydrogen (secondary N) is 1. The SMILES string of the molecule is COc1ccc(F)c(Nc2ccnc(C#N)c2)c1. The average molecular weight is 243 g/mol. The fourth-order valence-electron chi connectivity index (χ4n) is 1.45. The van der Waals surface area contributed by atoms with Crippen LogP contribution in [0.2, 0.25) is 0 Å². The van der Waals surface area contributed by atoms with Gasteiger partial charge in [0.2, 0.25) is 0 Å². The Kier molecular flexibility index (Phi) is 3.39. The van der Waals surface area contributed by atoms with Gasteiger partial charge in [0, 0.05) is 18.0 Å². The van der Waals surface area contributed by atoms with E-state index in [2.05, 4.69) is 10.3 Å². The van der Waals surface area contributed by atoms with Crippen molar-refractivity contribution < 1.29 is 9.13 Å². The third kappa shape index (κ3) is 2.55. The summed E-state index contributed by atoms with van der Waals surface area (Å²) in [6.07, 6.45) is 1.49. The van der Waals surface area contributed by atoms with Crippen molar-refractivity contribution in [2.75, 3.05) is 12.4 Å². The van der Waals surface area contributed by atoms with Gasteiger partial charge in [0.1, 0.15) is 23.3 Å². The Morgan fingerprint density at radius 1 is 1.33 bits per heavy atom. The third-order valence-electron chi connectivity index (χ3n) is 2.33. The summed E-state index contributed by atoms with van der Waals surface area (Å²) in [4.78, 5) is 3.84. The molecule has 2 aromatic rings. The topological polar surface area (TPSA) is 57.9 Å². The van der Waals surface area contributed by atoms with E-state index in [1.807, 2.05) is 6.07 Å². The molecule has 90 valence electrons. The zero-order valence-corrected chi connectivity index (χ0v) is 9.64. The molecule has 0 aliphatic carbocycles. The number of methoxy groups -OCH3 is 1. The summed E-state index contributed by atoms with van der Waals surface area (Å²) >= 11 is 0. The normalized spacial score (nSPS) is 9.61.